The number of imidazole rings is 1. The third kappa shape index (κ3) is 2.30. The minimum atomic E-state index is 0.566. The van der Waals surface area contributed by atoms with Crippen LogP contribution in [0.15, 0.2) is 46.6 Å². The van der Waals surface area contributed by atoms with Crippen LogP contribution < -0.4 is 0 Å². The Morgan fingerprint density at radius 2 is 2.00 bits per heavy atom. The lowest BCUT2D eigenvalue weighted by atomic mass is 10.3. The molecule has 1 N–H and O–H groups in total. The second-order valence-corrected chi connectivity index (χ2v) is 5.06. The van der Waals surface area contributed by atoms with Crippen LogP contribution in [0.3, 0.4) is 0 Å². The molecule has 2 heterocycles. The molecule has 5 heteroatoms. The van der Waals surface area contributed by atoms with Crippen molar-refractivity contribution in [3.05, 3.63) is 47.7 Å². The Balaban J connectivity index is 2.01. The van der Waals surface area contributed by atoms with Gasteiger partial charge in [0.2, 0.25) is 0 Å². The zero-order valence-corrected chi connectivity index (χ0v) is 11.0. The second kappa shape index (κ2) is 4.75. The molecule has 0 unspecified atom stereocenters. The van der Waals surface area contributed by atoms with Crippen molar-refractivity contribution in [3.63, 3.8) is 0 Å². The maximum atomic E-state index is 9.09. The molecule has 0 fully saturated rings. The number of aryl methyl sites for hydroxylation is 1. The van der Waals surface area contributed by atoms with Gasteiger partial charge in [0.05, 0.1) is 16.6 Å². The van der Waals surface area contributed by atoms with Gasteiger partial charge >= 0.3 is 0 Å². The number of rotatable bonds is 2. The van der Waals surface area contributed by atoms with E-state index in [0.29, 0.717) is 10.6 Å². The summed E-state index contributed by atoms with van der Waals surface area (Å²) in [6.45, 7) is 1.91. The molecule has 0 bridgehead atoms. The summed E-state index contributed by atoms with van der Waals surface area (Å²) >= 11 is 1.38. The number of fused-ring (bicyclic) bond motifs is 1. The normalized spacial score (nSPS) is 10.5. The molecule has 2 aromatic heterocycles. The van der Waals surface area contributed by atoms with Gasteiger partial charge in [0.25, 0.3) is 0 Å². The third-order valence-corrected chi connectivity index (χ3v) is 3.57. The Morgan fingerprint density at radius 3 is 2.79 bits per heavy atom. The van der Waals surface area contributed by atoms with E-state index in [1.807, 2.05) is 37.3 Å². The van der Waals surface area contributed by atoms with E-state index in [1.54, 1.807) is 6.07 Å². The van der Waals surface area contributed by atoms with Gasteiger partial charge in [-0.15, -0.1) is 0 Å². The van der Waals surface area contributed by atoms with Crippen molar-refractivity contribution in [3.8, 4) is 6.07 Å². The number of aromatic nitrogens is 3. The maximum absolute atomic E-state index is 9.09. The van der Waals surface area contributed by atoms with Gasteiger partial charge in [-0.1, -0.05) is 12.1 Å². The average Bonchev–Trinajstić information content (AvgIpc) is 2.81. The highest BCUT2D eigenvalue weighted by atomic mass is 32.2. The molecule has 0 spiro atoms. The Bertz CT molecular complexity index is 752. The predicted molar refractivity (Wildman–Crippen MR) is 73.9 cm³/mol. The summed E-state index contributed by atoms with van der Waals surface area (Å²) in [5.74, 6) is 0. The molecule has 3 rings (SSSR count). The van der Waals surface area contributed by atoms with Crippen LogP contribution in [0.1, 0.15) is 11.3 Å². The summed E-state index contributed by atoms with van der Waals surface area (Å²) in [5.41, 5.74) is 3.35. The number of hydrogen-bond donors (Lipinski definition) is 1. The largest absolute Gasteiger partial charge is 0.333 e. The van der Waals surface area contributed by atoms with Gasteiger partial charge in [-0.2, -0.15) is 5.26 Å². The molecule has 0 aliphatic rings. The second-order valence-electron chi connectivity index (χ2n) is 4.08. The molecule has 0 radical (unpaired) electrons. The molecule has 0 aliphatic carbocycles. The van der Waals surface area contributed by atoms with Gasteiger partial charge in [-0.05, 0) is 43.0 Å². The van der Waals surface area contributed by atoms with Crippen LogP contribution in [-0.4, -0.2) is 15.0 Å². The zero-order valence-electron chi connectivity index (χ0n) is 10.2. The van der Waals surface area contributed by atoms with E-state index in [0.717, 1.165) is 21.9 Å². The summed E-state index contributed by atoms with van der Waals surface area (Å²) in [6, 6.07) is 13.6. The molecule has 0 atom stereocenters. The Labute approximate surface area is 114 Å². The fraction of sp³-hybridized carbons (Fsp3) is 0.0714. The molecule has 92 valence electrons. The number of aromatic amines is 1. The van der Waals surface area contributed by atoms with E-state index in [2.05, 4.69) is 21.0 Å². The summed E-state index contributed by atoms with van der Waals surface area (Å²) in [4.78, 5) is 12.1. The number of pyridine rings is 1. The Hall–Kier alpha value is -2.32. The molecule has 1 aromatic carbocycles. The number of para-hydroxylation sites is 2. The highest BCUT2D eigenvalue weighted by molar-refractivity contribution is 7.99. The van der Waals surface area contributed by atoms with E-state index < -0.39 is 0 Å². The smallest absolute Gasteiger partial charge is 0.172 e. The van der Waals surface area contributed by atoms with Crippen molar-refractivity contribution < 1.29 is 0 Å². The van der Waals surface area contributed by atoms with Gasteiger partial charge in [-0.25, -0.2) is 9.97 Å². The Morgan fingerprint density at radius 1 is 1.16 bits per heavy atom. The SMILES string of the molecule is Cc1ccc(C#N)c(Sc2nc3ccccc3[nH]2)n1. The lowest BCUT2D eigenvalue weighted by Gasteiger charge is -2.01. The van der Waals surface area contributed by atoms with Crippen LogP contribution in [0.5, 0.6) is 0 Å². The fourth-order valence-corrected chi connectivity index (χ4v) is 2.67. The number of H-pyrrole nitrogens is 1. The van der Waals surface area contributed by atoms with E-state index >= 15 is 0 Å². The van der Waals surface area contributed by atoms with E-state index in [9.17, 15) is 0 Å². The molecular formula is C14H10N4S. The van der Waals surface area contributed by atoms with Crippen molar-refractivity contribution in [2.75, 3.05) is 0 Å². The average molecular weight is 266 g/mol. The van der Waals surface area contributed by atoms with Gasteiger partial charge in [0.1, 0.15) is 11.1 Å². The molecule has 0 saturated carbocycles. The summed E-state index contributed by atoms with van der Waals surface area (Å²) in [5, 5.41) is 10.5. The number of nitrogens with one attached hydrogen (secondary N) is 1. The van der Waals surface area contributed by atoms with Crippen LogP contribution in [0.2, 0.25) is 0 Å². The number of hydrogen-bond acceptors (Lipinski definition) is 4. The van der Waals surface area contributed by atoms with Crippen molar-refractivity contribution in [2.45, 2.75) is 17.1 Å². The molecule has 0 saturated heterocycles. The van der Waals surface area contributed by atoms with Crippen LogP contribution in [0.25, 0.3) is 11.0 Å². The van der Waals surface area contributed by atoms with Crippen molar-refractivity contribution in [2.24, 2.45) is 0 Å². The van der Waals surface area contributed by atoms with Crippen LogP contribution in [-0.2, 0) is 0 Å². The van der Waals surface area contributed by atoms with Crippen molar-refractivity contribution in [1.82, 2.24) is 15.0 Å². The van der Waals surface area contributed by atoms with Gasteiger partial charge in [-0.3, -0.25) is 0 Å². The first-order valence-electron chi connectivity index (χ1n) is 5.76. The van der Waals surface area contributed by atoms with Gasteiger partial charge in [0, 0.05) is 5.69 Å². The first kappa shape index (κ1) is 11.8. The highest BCUT2D eigenvalue weighted by Crippen LogP contribution is 2.28. The first-order valence-corrected chi connectivity index (χ1v) is 6.58. The van der Waals surface area contributed by atoms with Crippen LogP contribution in [0.4, 0.5) is 0 Å². The maximum Gasteiger partial charge on any atom is 0.172 e. The fourth-order valence-electron chi connectivity index (χ4n) is 1.77. The summed E-state index contributed by atoms with van der Waals surface area (Å²) in [7, 11) is 0. The van der Waals surface area contributed by atoms with E-state index in [4.69, 9.17) is 5.26 Å². The lowest BCUT2D eigenvalue weighted by molar-refractivity contribution is 1.02. The predicted octanol–water partition coefficient (Wildman–Crippen LogP) is 3.29. The molecule has 0 amide bonds. The molecule has 0 aliphatic heterocycles. The molecule has 4 nitrogen and oxygen atoms in total. The van der Waals surface area contributed by atoms with Crippen molar-refractivity contribution >= 4 is 22.8 Å². The third-order valence-electron chi connectivity index (χ3n) is 2.68. The van der Waals surface area contributed by atoms with Gasteiger partial charge in [0.15, 0.2) is 5.16 Å². The Kier molecular flexibility index (Phi) is 2.94. The monoisotopic (exact) mass is 266 g/mol. The molecule has 3 aromatic rings. The highest BCUT2D eigenvalue weighted by Gasteiger charge is 2.09. The molecule has 19 heavy (non-hydrogen) atoms. The minimum absolute atomic E-state index is 0.566. The van der Waals surface area contributed by atoms with Crippen LogP contribution in [0, 0.1) is 18.3 Å². The van der Waals surface area contributed by atoms with E-state index in [1.165, 1.54) is 11.8 Å². The number of benzene rings is 1. The zero-order chi connectivity index (χ0) is 13.2. The lowest BCUT2D eigenvalue weighted by Crippen LogP contribution is -1.90. The van der Waals surface area contributed by atoms with Gasteiger partial charge < -0.3 is 4.98 Å². The number of nitrogens with zero attached hydrogens (tertiary/aromatic N) is 3. The summed E-state index contributed by atoms with van der Waals surface area (Å²) in [6.07, 6.45) is 0. The van der Waals surface area contributed by atoms with E-state index in [-0.39, 0.29) is 0 Å². The standard InChI is InChI=1S/C14H10N4S/c1-9-6-7-10(8-15)13(16-9)19-14-17-11-4-2-3-5-12(11)18-14/h2-7H,1H3,(H,17,18). The molecular weight excluding hydrogens is 256 g/mol. The number of nitriles is 1. The quantitative estimate of drug-likeness (QED) is 0.773. The topological polar surface area (TPSA) is 65.4 Å². The first-order chi connectivity index (χ1) is 9.26. The summed E-state index contributed by atoms with van der Waals surface area (Å²) < 4.78 is 0. The van der Waals surface area contributed by atoms with Crippen molar-refractivity contribution in [1.29, 1.82) is 5.26 Å². The minimum Gasteiger partial charge on any atom is -0.333 e. The van der Waals surface area contributed by atoms with Crippen LogP contribution >= 0.6 is 11.8 Å².